The molecule has 1 aromatic rings. The van der Waals surface area contributed by atoms with Gasteiger partial charge in [-0.2, -0.15) is 0 Å². The van der Waals surface area contributed by atoms with Gasteiger partial charge in [-0.3, -0.25) is 4.79 Å². The Hall–Kier alpha value is -2.30. The first-order valence-electron chi connectivity index (χ1n) is 16.8. The summed E-state index contributed by atoms with van der Waals surface area (Å²) in [5.74, 6) is 4.16. The van der Waals surface area contributed by atoms with Gasteiger partial charge in [0, 0.05) is 12.3 Å². The number of ether oxygens (including phenoxy) is 2. The molecular weight excluding hydrogens is 524 g/mol. The minimum atomic E-state index is -0.416. The van der Waals surface area contributed by atoms with E-state index in [-0.39, 0.29) is 34.4 Å². The number of benzene rings is 1. The van der Waals surface area contributed by atoms with Crippen LogP contribution in [-0.2, 0) is 9.53 Å². The molecule has 3 saturated carbocycles. The van der Waals surface area contributed by atoms with Crippen molar-refractivity contribution in [3.8, 4) is 11.5 Å². The summed E-state index contributed by atoms with van der Waals surface area (Å²) >= 11 is 0. The zero-order valence-electron chi connectivity index (χ0n) is 27.1. The highest BCUT2D eigenvalue weighted by atomic mass is 16.5. The van der Waals surface area contributed by atoms with Crippen molar-refractivity contribution in [1.82, 2.24) is 0 Å². The molecule has 0 aromatic heterocycles. The van der Waals surface area contributed by atoms with Crippen molar-refractivity contribution in [2.24, 2.45) is 52.3 Å². The average Bonchev–Trinajstić information content (AvgIpc) is 3.31. The highest BCUT2D eigenvalue weighted by Gasteiger charge is 2.61. The molecule has 0 aliphatic heterocycles. The maximum Gasteiger partial charge on any atom is 0.338 e. The molecule has 0 radical (unpaired) electrons. The van der Waals surface area contributed by atoms with Crippen molar-refractivity contribution < 1.29 is 24.2 Å². The van der Waals surface area contributed by atoms with Crippen LogP contribution in [0.3, 0.4) is 0 Å². The number of aromatic hydroxyl groups is 1. The Balaban J connectivity index is 1.28. The number of esters is 1. The van der Waals surface area contributed by atoms with E-state index in [1.165, 1.54) is 63.3 Å². The first kappa shape index (κ1) is 31.1. The van der Waals surface area contributed by atoms with Crippen molar-refractivity contribution in [3.05, 3.63) is 35.4 Å². The summed E-state index contributed by atoms with van der Waals surface area (Å²) in [7, 11) is 1.46. The molecule has 0 saturated heterocycles. The fraction of sp³-hybridized carbons (Fsp3) is 0.730. The number of fused-ring (bicyclic) bond motifs is 5. The van der Waals surface area contributed by atoms with Crippen LogP contribution >= 0.6 is 0 Å². The van der Waals surface area contributed by atoms with Crippen LogP contribution in [0.25, 0.3) is 0 Å². The van der Waals surface area contributed by atoms with Crippen molar-refractivity contribution in [2.45, 2.75) is 112 Å². The molecule has 0 unspecified atom stereocenters. The fourth-order valence-corrected chi connectivity index (χ4v) is 10.2. The number of phenolic OH excluding ortho intramolecular Hbond substituents is 1. The van der Waals surface area contributed by atoms with E-state index in [1.54, 1.807) is 6.07 Å². The minimum absolute atomic E-state index is 0.000114. The monoisotopic (exact) mass is 578 g/mol. The van der Waals surface area contributed by atoms with Crippen molar-refractivity contribution in [2.75, 3.05) is 7.11 Å². The number of carbonyl (C=O) groups is 2. The molecule has 9 atom stereocenters. The first-order valence-corrected chi connectivity index (χ1v) is 16.8. The Bertz CT molecular complexity index is 1200. The second-order valence-corrected chi connectivity index (χ2v) is 15.1. The lowest BCUT2D eigenvalue weighted by Crippen LogP contribution is -2.53. The molecule has 5 nitrogen and oxygen atoms in total. The second-order valence-electron chi connectivity index (χ2n) is 15.1. The first-order chi connectivity index (χ1) is 19.9. The SMILES string of the molecule is CC[C@H](CC[C@@H](C)[C@H]1CC[C@H]2[C@@H]3C(=O)C=C4C[C@@H](OC(=O)c5ccc(O)c(OC)c5)CC[C@]4(C)[C@H]3CC[C@]12C)C(C)C. The molecule has 4 aliphatic carbocycles. The van der Waals surface area contributed by atoms with Crippen molar-refractivity contribution in [3.63, 3.8) is 0 Å². The topological polar surface area (TPSA) is 72.8 Å². The number of hydrogen-bond donors (Lipinski definition) is 1. The van der Waals surface area contributed by atoms with Crippen molar-refractivity contribution in [1.29, 1.82) is 0 Å². The predicted octanol–water partition coefficient (Wildman–Crippen LogP) is 8.78. The van der Waals surface area contributed by atoms with E-state index < -0.39 is 5.97 Å². The molecule has 0 amide bonds. The third kappa shape index (κ3) is 5.43. The fourth-order valence-electron chi connectivity index (χ4n) is 10.2. The standard InChI is InChI=1S/C37H54O5/c1-8-24(22(2)3)10-9-23(4)28-12-13-29-34-30(16-18-37(28,29)6)36(5)17-15-27(20-26(36)21-32(34)39)42-35(40)25-11-14-31(38)33(19-25)41-7/h11,14,19,21-24,27-30,34,38H,8-10,12-13,15-18,20H2,1-7H3/t23-,24-,27+,28-,29+,30+,34+,36+,37-/m1/s1. The Morgan fingerprint density at radius 2 is 1.81 bits per heavy atom. The van der Waals surface area contributed by atoms with Gasteiger partial charge in [0.2, 0.25) is 0 Å². The summed E-state index contributed by atoms with van der Waals surface area (Å²) in [6, 6.07) is 4.52. The lowest BCUT2D eigenvalue weighted by molar-refractivity contribution is -0.135. The number of hydrogen-bond acceptors (Lipinski definition) is 5. The molecular formula is C37H54O5. The molecule has 3 fully saturated rings. The summed E-state index contributed by atoms with van der Waals surface area (Å²) in [6.07, 6.45) is 12.8. The van der Waals surface area contributed by atoms with Gasteiger partial charge in [-0.05, 0) is 116 Å². The quantitative estimate of drug-likeness (QED) is 0.297. The second kappa shape index (κ2) is 12.0. The van der Waals surface area contributed by atoms with E-state index in [2.05, 4.69) is 41.5 Å². The van der Waals surface area contributed by atoms with Crippen LogP contribution in [0.15, 0.2) is 29.8 Å². The van der Waals surface area contributed by atoms with Crippen LogP contribution in [-0.4, -0.2) is 30.1 Å². The maximum absolute atomic E-state index is 13.9. The highest BCUT2D eigenvalue weighted by molar-refractivity contribution is 5.95. The Morgan fingerprint density at radius 1 is 1.05 bits per heavy atom. The largest absolute Gasteiger partial charge is 0.504 e. The number of phenols is 1. The third-order valence-electron chi connectivity index (χ3n) is 12.8. The number of carbonyl (C=O) groups excluding carboxylic acids is 2. The number of rotatable bonds is 9. The molecule has 5 rings (SSSR count). The Kier molecular flexibility index (Phi) is 8.90. The highest BCUT2D eigenvalue weighted by Crippen LogP contribution is 2.66. The van der Waals surface area contributed by atoms with Crippen LogP contribution in [0.5, 0.6) is 11.5 Å². The van der Waals surface area contributed by atoms with Gasteiger partial charge >= 0.3 is 5.97 Å². The van der Waals surface area contributed by atoms with Gasteiger partial charge in [-0.1, -0.05) is 60.0 Å². The van der Waals surface area contributed by atoms with Crippen LogP contribution in [0.2, 0.25) is 0 Å². The normalized spacial score (nSPS) is 35.5. The average molecular weight is 579 g/mol. The van der Waals surface area contributed by atoms with Crippen LogP contribution in [0, 0.1) is 52.3 Å². The van der Waals surface area contributed by atoms with Gasteiger partial charge in [0.15, 0.2) is 17.3 Å². The van der Waals surface area contributed by atoms with Gasteiger partial charge in [0.1, 0.15) is 6.10 Å². The van der Waals surface area contributed by atoms with Gasteiger partial charge in [0.05, 0.1) is 12.7 Å². The van der Waals surface area contributed by atoms with Crippen LogP contribution in [0.4, 0.5) is 0 Å². The van der Waals surface area contributed by atoms with Gasteiger partial charge in [0.25, 0.3) is 0 Å². The molecule has 232 valence electrons. The molecule has 5 heteroatoms. The van der Waals surface area contributed by atoms with E-state index in [9.17, 15) is 14.7 Å². The van der Waals surface area contributed by atoms with Gasteiger partial charge in [-0.15, -0.1) is 0 Å². The van der Waals surface area contributed by atoms with E-state index in [0.29, 0.717) is 41.4 Å². The van der Waals surface area contributed by atoms with Crippen LogP contribution < -0.4 is 4.74 Å². The summed E-state index contributed by atoms with van der Waals surface area (Å²) in [4.78, 5) is 26.9. The van der Waals surface area contributed by atoms with Gasteiger partial charge in [-0.25, -0.2) is 4.79 Å². The molecule has 4 aliphatic rings. The molecule has 1 N–H and O–H groups in total. The maximum atomic E-state index is 13.9. The summed E-state index contributed by atoms with van der Waals surface area (Å²) in [6.45, 7) is 14.5. The summed E-state index contributed by atoms with van der Waals surface area (Å²) < 4.78 is 11.1. The molecule has 1 aromatic carbocycles. The van der Waals surface area contributed by atoms with Crippen LogP contribution in [0.1, 0.15) is 116 Å². The lowest BCUT2D eigenvalue weighted by Gasteiger charge is -2.57. The number of allylic oxidation sites excluding steroid dienone is 1. The predicted molar refractivity (Wildman–Crippen MR) is 166 cm³/mol. The summed E-state index contributed by atoms with van der Waals surface area (Å²) in [5, 5.41) is 9.88. The number of methoxy groups -OCH3 is 1. The number of ketones is 1. The van der Waals surface area contributed by atoms with E-state index >= 15 is 0 Å². The van der Waals surface area contributed by atoms with E-state index in [4.69, 9.17) is 9.47 Å². The molecule has 0 heterocycles. The molecule has 0 spiro atoms. The Labute approximate surface area is 253 Å². The van der Waals surface area contributed by atoms with E-state index in [0.717, 1.165) is 31.1 Å². The Morgan fingerprint density at radius 3 is 2.50 bits per heavy atom. The zero-order valence-corrected chi connectivity index (χ0v) is 27.1. The van der Waals surface area contributed by atoms with Crippen molar-refractivity contribution >= 4 is 11.8 Å². The smallest absolute Gasteiger partial charge is 0.338 e. The van der Waals surface area contributed by atoms with E-state index in [1.807, 2.05) is 6.08 Å². The summed E-state index contributed by atoms with van der Waals surface area (Å²) in [5.41, 5.74) is 1.81. The zero-order chi connectivity index (χ0) is 30.4. The minimum Gasteiger partial charge on any atom is -0.504 e. The van der Waals surface area contributed by atoms with Gasteiger partial charge < -0.3 is 14.6 Å². The molecule has 0 bridgehead atoms. The lowest BCUT2D eigenvalue weighted by atomic mass is 9.46. The third-order valence-corrected chi connectivity index (χ3v) is 12.8. The molecule has 42 heavy (non-hydrogen) atoms.